The molecule has 0 aliphatic heterocycles. The summed E-state index contributed by atoms with van der Waals surface area (Å²) in [5, 5.41) is 12.6. The molecule has 8 heteroatoms. The second-order valence-electron chi connectivity index (χ2n) is 6.00. The van der Waals surface area contributed by atoms with E-state index in [1.807, 2.05) is 28.8 Å². The summed E-state index contributed by atoms with van der Waals surface area (Å²) in [6, 6.07) is 14.4. The number of phenolic OH excluding ortho intramolecular Hbond substituents is 1. The van der Waals surface area contributed by atoms with Gasteiger partial charge in [-0.2, -0.15) is 0 Å². The minimum absolute atomic E-state index is 0.0404. The van der Waals surface area contributed by atoms with Crippen molar-refractivity contribution in [2.75, 3.05) is 12.4 Å². The Hall–Kier alpha value is -3.94. The largest absolute Gasteiger partial charge is 0.507 e. The van der Waals surface area contributed by atoms with E-state index in [2.05, 4.69) is 20.3 Å². The quantitative estimate of drug-likeness (QED) is 0.503. The molecule has 2 aromatic carbocycles. The summed E-state index contributed by atoms with van der Waals surface area (Å²) < 4.78 is 7.24. The van der Waals surface area contributed by atoms with Gasteiger partial charge in [0.2, 0.25) is 0 Å². The summed E-state index contributed by atoms with van der Waals surface area (Å²) in [6.07, 6.45) is 3.25. The summed E-state index contributed by atoms with van der Waals surface area (Å²) >= 11 is 0. The van der Waals surface area contributed by atoms with Crippen LogP contribution in [-0.2, 0) is 11.3 Å². The Morgan fingerprint density at radius 1 is 1.14 bits per heavy atom. The molecule has 1 amide bonds. The molecule has 0 atom stereocenters. The van der Waals surface area contributed by atoms with Crippen molar-refractivity contribution >= 4 is 23.4 Å². The molecule has 8 nitrogen and oxygen atoms in total. The Morgan fingerprint density at radius 3 is 2.71 bits per heavy atom. The Morgan fingerprint density at radius 2 is 1.93 bits per heavy atom. The number of nitrogens with zero attached hydrogens (tertiary/aromatic N) is 4. The van der Waals surface area contributed by atoms with E-state index in [0.717, 1.165) is 11.3 Å². The fourth-order valence-corrected chi connectivity index (χ4v) is 3.00. The molecule has 4 rings (SSSR count). The molecule has 0 saturated carbocycles. The second kappa shape index (κ2) is 7.36. The zero-order valence-corrected chi connectivity index (χ0v) is 15.0. The highest BCUT2D eigenvalue weighted by molar-refractivity contribution is 5.90. The lowest BCUT2D eigenvalue weighted by Crippen LogP contribution is -2.05. The van der Waals surface area contributed by atoms with Crippen LogP contribution in [0.25, 0.3) is 22.6 Å². The van der Waals surface area contributed by atoms with Gasteiger partial charge in [-0.25, -0.2) is 15.0 Å². The number of hydrogen-bond acceptors (Lipinski definition) is 6. The highest BCUT2D eigenvalue weighted by atomic mass is 16.5. The standard InChI is InChI=1S/C20H16N5O3/c1-28-16-9-5-2-6-13(16)10-25-11-21-17-19(22-12-26)23-18(24-20(17)25)14-7-3-4-8-15(14)27/h2-9,11,27H,10H2,1H3,(H,22,23,24,26). The maximum absolute atomic E-state index is 10.9. The van der Waals surface area contributed by atoms with Crippen molar-refractivity contribution in [2.45, 2.75) is 6.54 Å². The molecular formula is C20H16N5O3. The summed E-state index contributed by atoms with van der Waals surface area (Å²) in [5.41, 5.74) is 2.33. The Balaban J connectivity index is 1.87. The lowest BCUT2D eigenvalue weighted by molar-refractivity contribution is 0.408. The predicted octanol–water partition coefficient (Wildman–Crippen LogP) is 2.73. The average Bonchev–Trinajstić information content (AvgIpc) is 3.12. The normalized spacial score (nSPS) is 10.8. The fourth-order valence-electron chi connectivity index (χ4n) is 3.00. The van der Waals surface area contributed by atoms with E-state index < -0.39 is 0 Å². The first-order chi connectivity index (χ1) is 13.7. The van der Waals surface area contributed by atoms with Gasteiger partial charge < -0.3 is 19.7 Å². The monoisotopic (exact) mass is 374 g/mol. The van der Waals surface area contributed by atoms with Gasteiger partial charge in [-0.3, -0.25) is 4.79 Å². The molecule has 0 spiro atoms. The van der Waals surface area contributed by atoms with Gasteiger partial charge in [0.05, 0.1) is 25.5 Å². The Bertz CT molecular complexity index is 1160. The van der Waals surface area contributed by atoms with E-state index in [-0.39, 0.29) is 17.4 Å². The summed E-state index contributed by atoms with van der Waals surface area (Å²) in [5.74, 6) is 1.28. The number of ether oxygens (including phenoxy) is 1. The van der Waals surface area contributed by atoms with E-state index >= 15 is 0 Å². The van der Waals surface area contributed by atoms with Crippen LogP contribution in [0, 0.1) is 0 Å². The molecule has 1 radical (unpaired) electrons. The molecular weight excluding hydrogens is 358 g/mol. The Labute approximate surface area is 160 Å². The number of hydrogen-bond donors (Lipinski definition) is 2. The van der Waals surface area contributed by atoms with Crippen LogP contribution in [-0.4, -0.2) is 38.1 Å². The number of anilines is 1. The lowest BCUT2D eigenvalue weighted by Gasteiger charge is -2.10. The van der Waals surface area contributed by atoms with Crippen LogP contribution < -0.4 is 10.1 Å². The molecule has 28 heavy (non-hydrogen) atoms. The molecule has 0 aliphatic carbocycles. The molecule has 0 bridgehead atoms. The van der Waals surface area contributed by atoms with Gasteiger partial charge in [-0.05, 0) is 18.2 Å². The number of para-hydroxylation sites is 2. The predicted molar refractivity (Wildman–Crippen MR) is 104 cm³/mol. The summed E-state index contributed by atoms with van der Waals surface area (Å²) in [7, 11) is 1.62. The molecule has 4 aromatic rings. The first-order valence-electron chi connectivity index (χ1n) is 8.47. The van der Waals surface area contributed by atoms with E-state index in [1.165, 1.54) is 0 Å². The van der Waals surface area contributed by atoms with Gasteiger partial charge in [0.15, 0.2) is 22.8 Å². The second-order valence-corrected chi connectivity index (χ2v) is 6.00. The van der Waals surface area contributed by atoms with Crippen LogP contribution >= 0.6 is 0 Å². The number of nitrogens with one attached hydrogen (secondary N) is 1. The van der Waals surface area contributed by atoms with Crippen LogP contribution in [0.5, 0.6) is 11.5 Å². The van der Waals surface area contributed by atoms with E-state index in [4.69, 9.17) is 4.74 Å². The van der Waals surface area contributed by atoms with Crippen molar-refractivity contribution in [3.05, 3.63) is 60.4 Å². The van der Waals surface area contributed by atoms with Crippen LogP contribution in [0.1, 0.15) is 5.56 Å². The van der Waals surface area contributed by atoms with Crippen molar-refractivity contribution in [3.63, 3.8) is 0 Å². The van der Waals surface area contributed by atoms with Gasteiger partial charge >= 0.3 is 6.41 Å². The molecule has 0 saturated heterocycles. The number of aromatic hydroxyl groups is 1. The number of benzene rings is 2. The maximum Gasteiger partial charge on any atom is 0.315 e. The van der Waals surface area contributed by atoms with Crippen LogP contribution in [0.15, 0.2) is 54.9 Å². The molecule has 2 N–H and O–H groups in total. The number of carbonyl (C=O) groups excluding carboxylic acids is 1. The van der Waals surface area contributed by atoms with Crippen molar-refractivity contribution in [1.29, 1.82) is 0 Å². The minimum atomic E-state index is 0.0404. The molecule has 2 aromatic heterocycles. The van der Waals surface area contributed by atoms with Gasteiger partial charge in [0.25, 0.3) is 0 Å². The highest BCUT2D eigenvalue weighted by Gasteiger charge is 2.17. The van der Waals surface area contributed by atoms with Crippen molar-refractivity contribution in [2.24, 2.45) is 0 Å². The number of imidazole rings is 1. The first kappa shape index (κ1) is 17.5. The number of amides is 1. The third-order valence-corrected chi connectivity index (χ3v) is 4.31. The third kappa shape index (κ3) is 3.11. The molecule has 139 valence electrons. The highest BCUT2D eigenvalue weighted by Crippen LogP contribution is 2.30. The van der Waals surface area contributed by atoms with Crippen molar-refractivity contribution in [3.8, 4) is 22.9 Å². The SMILES string of the molecule is COc1ccccc1Cn1cnc2c(N[C]=O)nc(-c3ccccc3O)nc21. The number of rotatable bonds is 6. The number of aromatic nitrogens is 4. The third-order valence-electron chi connectivity index (χ3n) is 4.31. The molecule has 0 fully saturated rings. The van der Waals surface area contributed by atoms with Crippen molar-refractivity contribution < 1.29 is 14.6 Å². The fraction of sp³-hybridized carbons (Fsp3) is 0.100. The summed E-state index contributed by atoms with van der Waals surface area (Å²) in [6.45, 7) is 0.460. The topological polar surface area (TPSA) is 102 Å². The lowest BCUT2D eigenvalue weighted by atomic mass is 10.2. The molecule has 0 unspecified atom stereocenters. The van der Waals surface area contributed by atoms with Crippen LogP contribution in [0.3, 0.4) is 0 Å². The number of methoxy groups -OCH3 is 1. The van der Waals surface area contributed by atoms with Crippen molar-refractivity contribution in [1.82, 2.24) is 19.5 Å². The average molecular weight is 374 g/mol. The number of fused-ring (bicyclic) bond motifs is 1. The Kier molecular flexibility index (Phi) is 4.59. The zero-order valence-electron chi connectivity index (χ0n) is 15.0. The summed E-state index contributed by atoms with van der Waals surface area (Å²) in [4.78, 5) is 24.2. The van der Waals surface area contributed by atoms with Crippen LogP contribution in [0.4, 0.5) is 5.82 Å². The van der Waals surface area contributed by atoms with E-state index in [0.29, 0.717) is 23.3 Å². The van der Waals surface area contributed by atoms with Gasteiger partial charge in [-0.15, -0.1) is 0 Å². The first-order valence-corrected chi connectivity index (χ1v) is 8.47. The molecule has 0 aliphatic rings. The smallest absolute Gasteiger partial charge is 0.315 e. The zero-order chi connectivity index (χ0) is 19.5. The number of phenols is 1. The van der Waals surface area contributed by atoms with E-state index in [1.54, 1.807) is 44.1 Å². The minimum Gasteiger partial charge on any atom is -0.507 e. The van der Waals surface area contributed by atoms with Gasteiger partial charge in [0.1, 0.15) is 11.5 Å². The van der Waals surface area contributed by atoms with Gasteiger partial charge in [0, 0.05) is 5.56 Å². The van der Waals surface area contributed by atoms with Crippen LogP contribution in [0.2, 0.25) is 0 Å². The molecule has 2 heterocycles. The van der Waals surface area contributed by atoms with Gasteiger partial charge in [-0.1, -0.05) is 30.3 Å². The van der Waals surface area contributed by atoms with E-state index in [9.17, 15) is 9.90 Å². The maximum atomic E-state index is 10.9.